The van der Waals surface area contributed by atoms with Crippen molar-refractivity contribution in [2.45, 2.75) is 21.2 Å². The van der Waals surface area contributed by atoms with Gasteiger partial charge < -0.3 is 15.4 Å². The van der Waals surface area contributed by atoms with E-state index in [0.29, 0.717) is 0 Å². The SMILES string of the molecule is CC(C)[C@H](N)C(=O)O.O=S(=O)([O-])C(I)I.[Na+]. The Morgan fingerprint density at radius 2 is 1.62 bits per heavy atom. The van der Waals surface area contributed by atoms with E-state index in [-0.39, 0.29) is 35.5 Å². The second-order valence-corrected chi connectivity index (χ2v) is 10.9. The molecule has 0 fully saturated rings. The second-order valence-electron chi connectivity index (χ2n) is 2.86. The van der Waals surface area contributed by atoms with Crippen molar-refractivity contribution in [2.24, 2.45) is 11.7 Å². The van der Waals surface area contributed by atoms with Crippen LogP contribution in [0.5, 0.6) is 0 Å². The Hall–Kier alpha value is 1.80. The van der Waals surface area contributed by atoms with Gasteiger partial charge >= 0.3 is 35.5 Å². The predicted molar refractivity (Wildman–Crippen MR) is 72.0 cm³/mol. The summed E-state index contributed by atoms with van der Waals surface area (Å²) >= 11 is 3.07. The van der Waals surface area contributed by atoms with Gasteiger partial charge in [0.15, 0.2) is 1.26 Å². The second kappa shape index (κ2) is 10.7. The van der Waals surface area contributed by atoms with Crippen LogP contribution in [-0.4, -0.2) is 31.4 Å². The predicted octanol–water partition coefficient (Wildman–Crippen LogP) is -2.26. The molecule has 0 radical (unpaired) electrons. The van der Waals surface area contributed by atoms with Gasteiger partial charge in [0.2, 0.25) is 0 Å². The van der Waals surface area contributed by atoms with Crippen molar-refractivity contribution >= 4 is 61.3 Å². The van der Waals surface area contributed by atoms with Crippen LogP contribution in [0.15, 0.2) is 0 Å². The number of halogens is 2. The topological polar surface area (TPSA) is 121 Å². The molecule has 0 aliphatic rings. The number of hydrogen-bond acceptors (Lipinski definition) is 5. The third-order valence-electron chi connectivity index (χ3n) is 1.22. The summed E-state index contributed by atoms with van der Waals surface area (Å²) in [5, 5.41) is 8.23. The summed E-state index contributed by atoms with van der Waals surface area (Å²) < 4.78 is 28.4. The first-order chi connectivity index (χ1) is 6.50. The summed E-state index contributed by atoms with van der Waals surface area (Å²) in [5.41, 5.74) is 5.16. The van der Waals surface area contributed by atoms with Crippen LogP contribution in [0, 0.1) is 5.92 Å². The third kappa shape index (κ3) is 13.9. The van der Waals surface area contributed by atoms with Crippen molar-refractivity contribution in [3.05, 3.63) is 0 Å². The number of rotatable bonds is 3. The molecular formula is C6H12I2NNaO5S. The molecule has 0 unspecified atom stereocenters. The first-order valence-corrected chi connectivity index (χ1v) is 7.67. The molecule has 10 heteroatoms. The summed E-state index contributed by atoms with van der Waals surface area (Å²) in [6.07, 6.45) is 0. The fourth-order valence-corrected chi connectivity index (χ4v) is 0.285. The number of nitrogens with two attached hydrogens (primary N) is 1. The van der Waals surface area contributed by atoms with Crippen molar-refractivity contribution in [2.75, 3.05) is 0 Å². The molecule has 16 heavy (non-hydrogen) atoms. The molecule has 0 amide bonds. The molecule has 1 atom stereocenters. The third-order valence-corrected chi connectivity index (χ3v) is 5.39. The number of carboxylic acids is 1. The molecular weight excluding hydrogens is 475 g/mol. The van der Waals surface area contributed by atoms with Gasteiger partial charge in [0.1, 0.15) is 16.2 Å². The fourth-order valence-electron chi connectivity index (χ4n) is 0.285. The Morgan fingerprint density at radius 3 is 1.62 bits per heavy atom. The summed E-state index contributed by atoms with van der Waals surface area (Å²) in [6, 6.07) is -0.713. The molecule has 0 heterocycles. The Labute approximate surface area is 144 Å². The molecule has 0 saturated heterocycles. The Bertz CT molecular complexity index is 295. The molecule has 0 spiro atoms. The Balaban J connectivity index is -0.000000200. The van der Waals surface area contributed by atoms with Crippen molar-refractivity contribution in [1.29, 1.82) is 0 Å². The molecule has 0 aromatic heterocycles. The number of hydrogen-bond donors (Lipinski definition) is 2. The van der Waals surface area contributed by atoms with Crippen LogP contribution >= 0.6 is 45.2 Å². The Kier molecular flexibility index (Phi) is 15.3. The Morgan fingerprint density at radius 1 is 1.38 bits per heavy atom. The zero-order valence-electron chi connectivity index (χ0n) is 9.05. The monoisotopic (exact) mass is 487 g/mol. The maximum atomic E-state index is 10.0. The van der Waals surface area contributed by atoms with Gasteiger partial charge in [0.25, 0.3) is 0 Å². The molecule has 6 nitrogen and oxygen atoms in total. The fraction of sp³-hybridized carbons (Fsp3) is 0.833. The van der Waals surface area contributed by atoms with Gasteiger partial charge in [-0.3, -0.25) is 4.79 Å². The van der Waals surface area contributed by atoms with E-state index in [1.54, 1.807) is 13.8 Å². The normalized spacial score (nSPS) is 12.5. The van der Waals surface area contributed by atoms with Gasteiger partial charge in [0, 0.05) is 0 Å². The molecule has 0 rings (SSSR count). The standard InChI is InChI=1S/C5H11NO2.CH2I2O3S.Na/c1-3(2)4(6)5(7)8;2-1(3)7(4,5)6;/h3-4H,6H2,1-2H3,(H,7,8);1H,(H,4,5,6);/q;;+1/p-1/t4-;;/m0../s1. The molecule has 0 aliphatic heterocycles. The maximum Gasteiger partial charge on any atom is 1.00 e. The summed E-state index contributed by atoms with van der Waals surface area (Å²) in [4.78, 5) is 10.0. The maximum absolute atomic E-state index is 10.0. The van der Waals surface area contributed by atoms with E-state index in [1.807, 2.05) is 0 Å². The minimum atomic E-state index is -4.02. The van der Waals surface area contributed by atoms with Crippen molar-refractivity contribution in [3.8, 4) is 0 Å². The molecule has 0 aromatic carbocycles. The minimum absolute atomic E-state index is 0. The van der Waals surface area contributed by atoms with Crippen LogP contribution < -0.4 is 35.3 Å². The number of carbonyl (C=O) groups is 1. The summed E-state index contributed by atoms with van der Waals surface area (Å²) in [5.74, 6) is -0.910. The molecule has 0 saturated carbocycles. The average Bonchev–Trinajstić information content (AvgIpc) is 2.01. The molecule has 0 aliphatic carbocycles. The first-order valence-electron chi connectivity index (χ1n) is 3.71. The van der Waals surface area contributed by atoms with Crippen molar-refractivity contribution in [1.82, 2.24) is 0 Å². The number of alkyl halides is 2. The van der Waals surface area contributed by atoms with E-state index in [1.165, 1.54) is 45.2 Å². The summed E-state index contributed by atoms with van der Waals surface area (Å²) in [7, 11) is -4.02. The average molecular weight is 487 g/mol. The number of aliphatic carboxylic acids is 1. The van der Waals surface area contributed by atoms with Gasteiger partial charge in [-0.15, -0.1) is 0 Å². The van der Waals surface area contributed by atoms with Crippen LogP contribution in [0.1, 0.15) is 13.8 Å². The van der Waals surface area contributed by atoms with Gasteiger partial charge in [-0.05, 0) is 5.92 Å². The molecule has 92 valence electrons. The van der Waals surface area contributed by atoms with Crippen LogP contribution in [0.25, 0.3) is 0 Å². The van der Waals surface area contributed by atoms with Crippen LogP contribution in [-0.2, 0) is 14.9 Å². The van der Waals surface area contributed by atoms with Gasteiger partial charge in [-0.1, -0.05) is 59.0 Å². The van der Waals surface area contributed by atoms with E-state index < -0.39 is 23.4 Å². The summed E-state index contributed by atoms with van der Waals surface area (Å²) in [6.45, 7) is 3.55. The van der Waals surface area contributed by atoms with E-state index in [9.17, 15) is 17.8 Å². The van der Waals surface area contributed by atoms with Gasteiger partial charge in [0.05, 0.1) is 0 Å². The van der Waals surface area contributed by atoms with E-state index in [0.717, 1.165) is 0 Å². The van der Waals surface area contributed by atoms with Crippen molar-refractivity contribution in [3.63, 3.8) is 0 Å². The quantitative estimate of drug-likeness (QED) is 0.201. The number of carboxylic acid groups (broad SMARTS) is 1. The smallest absolute Gasteiger partial charge is 0.747 e. The van der Waals surface area contributed by atoms with Crippen LogP contribution in [0.4, 0.5) is 0 Å². The minimum Gasteiger partial charge on any atom is -0.747 e. The van der Waals surface area contributed by atoms with Crippen LogP contribution in [0.2, 0.25) is 0 Å². The molecule has 0 aromatic rings. The largest absolute Gasteiger partial charge is 1.00 e. The zero-order valence-corrected chi connectivity index (χ0v) is 16.2. The first kappa shape index (κ1) is 22.9. The molecule has 3 N–H and O–H groups in total. The van der Waals surface area contributed by atoms with Crippen molar-refractivity contribution < 1.29 is 52.4 Å². The van der Waals surface area contributed by atoms with Gasteiger partial charge in [-0.25, -0.2) is 8.42 Å². The van der Waals surface area contributed by atoms with E-state index >= 15 is 0 Å². The van der Waals surface area contributed by atoms with Gasteiger partial charge in [-0.2, -0.15) is 0 Å². The van der Waals surface area contributed by atoms with E-state index in [2.05, 4.69) is 0 Å². The van der Waals surface area contributed by atoms with E-state index in [4.69, 9.17) is 10.8 Å². The van der Waals surface area contributed by atoms with Crippen LogP contribution in [0.3, 0.4) is 0 Å². The molecule has 0 bridgehead atoms. The zero-order chi connectivity index (χ0) is 12.8.